The summed E-state index contributed by atoms with van der Waals surface area (Å²) in [5, 5.41) is 5.90. The number of carbonyl (C=O) groups is 2. The molecule has 2 N–H and O–H groups in total. The number of carbonyl (C=O) groups excluding carboxylic acids is 2. The fourth-order valence-electron chi connectivity index (χ4n) is 3.60. The van der Waals surface area contributed by atoms with Gasteiger partial charge in [-0.05, 0) is 44.0 Å². The molecule has 3 rings (SSSR count). The van der Waals surface area contributed by atoms with E-state index in [0.29, 0.717) is 26.1 Å². The molecule has 24 heavy (non-hydrogen) atoms. The molecular formula is C18H25N3O3. The van der Waals surface area contributed by atoms with Gasteiger partial charge < -0.3 is 15.4 Å². The van der Waals surface area contributed by atoms with Crippen molar-refractivity contribution in [3.63, 3.8) is 0 Å². The van der Waals surface area contributed by atoms with Crippen LogP contribution in [0, 0.1) is 0 Å². The highest BCUT2D eigenvalue weighted by Gasteiger charge is 2.35. The summed E-state index contributed by atoms with van der Waals surface area (Å²) < 4.78 is 5.40. The van der Waals surface area contributed by atoms with Crippen LogP contribution in [0.15, 0.2) is 24.3 Å². The minimum Gasteiger partial charge on any atom is -0.494 e. The number of benzene rings is 1. The van der Waals surface area contributed by atoms with E-state index in [2.05, 4.69) is 15.5 Å². The van der Waals surface area contributed by atoms with Crippen LogP contribution in [0.5, 0.6) is 5.75 Å². The molecule has 2 fully saturated rings. The normalized spacial score (nSPS) is 24.0. The number of amides is 2. The molecule has 0 aromatic heterocycles. The third-order valence-electron chi connectivity index (χ3n) is 4.74. The third kappa shape index (κ3) is 4.06. The van der Waals surface area contributed by atoms with Gasteiger partial charge in [0.15, 0.2) is 0 Å². The van der Waals surface area contributed by atoms with E-state index in [1.165, 1.54) is 0 Å². The Morgan fingerprint density at radius 2 is 2.04 bits per heavy atom. The van der Waals surface area contributed by atoms with Gasteiger partial charge in [-0.3, -0.25) is 14.5 Å². The molecular weight excluding hydrogens is 306 g/mol. The van der Waals surface area contributed by atoms with E-state index in [9.17, 15) is 9.59 Å². The van der Waals surface area contributed by atoms with Crippen LogP contribution >= 0.6 is 0 Å². The van der Waals surface area contributed by atoms with E-state index in [4.69, 9.17) is 4.74 Å². The SMILES string of the molecule is CCOc1ccc(NC(=O)CN2C3CCCC2CC(=O)NC3)cc1. The maximum Gasteiger partial charge on any atom is 0.238 e. The molecule has 6 nitrogen and oxygen atoms in total. The molecule has 1 aromatic rings. The van der Waals surface area contributed by atoms with Crippen LogP contribution in [0.4, 0.5) is 5.69 Å². The monoisotopic (exact) mass is 331 g/mol. The minimum absolute atomic E-state index is 0.0367. The van der Waals surface area contributed by atoms with Crippen LogP contribution < -0.4 is 15.4 Å². The Balaban J connectivity index is 1.60. The molecule has 2 unspecified atom stereocenters. The third-order valence-corrected chi connectivity index (χ3v) is 4.74. The van der Waals surface area contributed by atoms with Gasteiger partial charge in [0.25, 0.3) is 0 Å². The molecule has 2 atom stereocenters. The van der Waals surface area contributed by atoms with Crippen LogP contribution in [-0.2, 0) is 9.59 Å². The van der Waals surface area contributed by atoms with Crippen molar-refractivity contribution in [2.24, 2.45) is 0 Å². The maximum atomic E-state index is 12.4. The topological polar surface area (TPSA) is 70.7 Å². The summed E-state index contributed by atoms with van der Waals surface area (Å²) >= 11 is 0. The van der Waals surface area contributed by atoms with Crippen LogP contribution in [0.3, 0.4) is 0 Å². The predicted molar refractivity (Wildman–Crippen MR) is 92.0 cm³/mol. The molecule has 0 aliphatic carbocycles. The van der Waals surface area contributed by atoms with E-state index in [1.807, 2.05) is 31.2 Å². The standard InChI is InChI=1S/C18H25N3O3/c1-2-24-16-8-6-13(7-9-16)20-18(23)12-21-14-4-3-5-15(21)11-19-17(22)10-14/h6-9,14-15H,2-5,10-12H2,1H3,(H,19,22)(H,20,23). The second kappa shape index (κ2) is 7.66. The number of nitrogens with one attached hydrogen (secondary N) is 2. The summed E-state index contributed by atoms with van der Waals surface area (Å²) in [7, 11) is 0. The fourth-order valence-corrected chi connectivity index (χ4v) is 3.60. The zero-order valence-corrected chi connectivity index (χ0v) is 14.1. The van der Waals surface area contributed by atoms with Crippen molar-refractivity contribution in [1.29, 1.82) is 0 Å². The molecule has 130 valence electrons. The Morgan fingerprint density at radius 1 is 1.29 bits per heavy atom. The van der Waals surface area contributed by atoms with Crippen molar-refractivity contribution in [2.75, 3.05) is 25.0 Å². The molecule has 2 bridgehead atoms. The van der Waals surface area contributed by atoms with E-state index >= 15 is 0 Å². The number of piperidine rings is 1. The highest BCUT2D eigenvalue weighted by Crippen LogP contribution is 2.26. The van der Waals surface area contributed by atoms with E-state index < -0.39 is 0 Å². The number of nitrogens with zero attached hydrogens (tertiary/aromatic N) is 1. The minimum atomic E-state index is -0.0367. The van der Waals surface area contributed by atoms with Crippen LogP contribution in [-0.4, -0.2) is 48.5 Å². The highest BCUT2D eigenvalue weighted by atomic mass is 16.5. The second-order valence-electron chi connectivity index (χ2n) is 6.42. The molecule has 0 radical (unpaired) electrons. The molecule has 2 saturated heterocycles. The first-order valence-electron chi connectivity index (χ1n) is 8.71. The first-order chi connectivity index (χ1) is 11.7. The second-order valence-corrected chi connectivity index (χ2v) is 6.42. The maximum absolute atomic E-state index is 12.4. The summed E-state index contributed by atoms with van der Waals surface area (Å²) in [6.45, 7) is 3.53. The Labute approximate surface area is 142 Å². The first kappa shape index (κ1) is 16.8. The molecule has 2 aliphatic rings. The van der Waals surface area contributed by atoms with E-state index in [0.717, 1.165) is 30.7 Å². The molecule has 2 heterocycles. The van der Waals surface area contributed by atoms with Gasteiger partial charge in [0.05, 0.1) is 13.2 Å². The smallest absolute Gasteiger partial charge is 0.238 e. The van der Waals surface area contributed by atoms with Crippen LogP contribution in [0.1, 0.15) is 32.6 Å². The lowest BCUT2D eigenvalue weighted by atomic mass is 9.94. The number of rotatable bonds is 5. The zero-order valence-electron chi connectivity index (χ0n) is 14.1. The van der Waals surface area contributed by atoms with Crippen molar-refractivity contribution in [3.05, 3.63) is 24.3 Å². The van der Waals surface area contributed by atoms with Crippen LogP contribution in [0.25, 0.3) is 0 Å². The first-order valence-corrected chi connectivity index (χ1v) is 8.71. The Morgan fingerprint density at radius 3 is 2.79 bits per heavy atom. The Hall–Kier alpha value is -2.08. The van der Waals surface area contributed by atoms with Crippen molar-refractivity contribution in [1.82, 2.24) is 10.2 Å². The number of anilines is 1. The molecule has 6 heteroatoms. The number of ether oxygens (including phenoxy) is 1. The average Bonchev–Trinajstić information content (AvgIpc) is 2.65. The molecule has 1 aromatic carbocycles. The van der Waals surface area contributed by atoms with Crippen molar-refractivity contribution in [2.45, 2.75) is 44.7 Å². The van der Waals surface area contributed by atoms with Crippen molar-refractivity contribution >= 4 is 17.5 Å². The molecule has 0 saturated carbocycles. The van der Waals surface area contributed by atoms with Crippen LogP contribution in [0.2, 0.25) is 0 Å². The summed E-state index contributed by atoms with van der Waals surface area (Å²) in [5.74, 6) is 0.855. The summed E-state index contributed by atoms with van der Waals surface area (Å²) in [6, 6.07) is 7.83. The molecule has 2 amide bonds. The fraction of sp³-hybridized carbons (Fsp3) is 0.556. The van der Waals surface area contributed by atoms with Gasteiger partial charge in [-0.15, -0.1) is 0 Å². The quantitative estimate of drug-likeness (QED) is 0.863. The van der Waals surface area contributed by atoms with Gasteiger partial charge in [0.2, 0.25) is 11.8 Å². The lowest BCUT2D eigenvalue weighted by Gasteiger charge is -2.39. The largest absolute Gasteiger partial charge is 0.494 e. The lowest BCUT2D eigenvalue weighted by Crippen LogP contribution is -2.50. The van der Waals surface area contributed by atoms with Gasteiger partial charge in [0, 0.05) is 30.7 Å². The Kier molecular flexibility index (Phi) is 5.35. The number of fused-ring (bicyclic) bond motifs is 2. The van der Waals surface area contributed by atoms with Crippen molar-refractivity contribution < 1.29 is 14.3 Å². The summed E-state index contributed by atoms with van der Waals surface area (Å²) in [6.07, 6.45) is 3.64. The molecule has 2 aliphatic heterocycles. The predicted octanol–water partition coefficient (Wildman–Crippen LogP) is 1.77. The van der Waals surface area contributed by atoms with Gasteiger partial charge in [0.1, 0.15) is 5.75 Å². The van der Waals surface area contributed by atoms with E-state index in [1.54, 1.807) is 0 Å². The average molecular weight is 331 g/mol. The number of hydrogen-bond donors (Lipinski definition) is 2. The summed E-state index contributed by atoms with van der Waals surface area (Å²) in [4.78, 5) is 26.4. The van der Waals surface area contributed by atoms with Gasteiger partial charge in [-0.2, -0.15) is 0 Å². The zero-order chi connectivity index (χ0) is 16.9. The van der Waals surface area contributed by atoms with Gasteiger partial charge in [-0.1, -0.05) is 6.42 Å². The summed E-state index contributed by atoms with van der Waals surface area (Å²) in [5.41, 5.74) is 0.762. The van der Waals surface area contributed by atoms with Gasteiger partial charge >= 0.3 is 0 Å². The van der Waals surface area contributed by atoms with Gasteiger partial charge in [-0.25, -0.2) is 0 Å². The highest BCUT2D eigenvalue weighted by molar-refractivity contribution is 5.92. The Bertz CT molecular complexity index is 588. The van der Waals surface area contributed by atoms with E-state index in [-0.39, 0.29) is 23.9 Å². The molecule has 0 spiro atoms. The van der Waals surface area contributed by atoms with Crippen molar-refractivity contribution in [3.8, 4) is 5.75 Å². The number of hydrogen-bond acceptors (Lipinski definition) is 4. The lowest BCUT2D eigenvalue weighted by molar-refractivity contribution is -0.122.